The van der Waals surface area contributed by atoms with Crippen molar-refractivity contribution < 1.29 is 9.47 Å². The fourth-order valence-corrected chi connectivity index (χ4v) is 4.06. The van der Waals surface area contributed by atoms with Crippen molar-refractivity contribution in [2.24, 2.45) is 5.92 Å². The van der Waals surface area contributed by atoms with Crippen LogP contribution in [0.5, 0.6) is 0 Å². The average molecular weight is 254 g/mol. The summed E-state index contributed by atoms with van der Waals surface area (Å²) in [6.07, 6.45) is 10.1. The summed E-state index contributed by atoms with van der Waals surface area (Å²) in [6, 6.07) is 0. The number of hydrogen-bond donors (Lipinski definition) is 0. The van der Waals surface area contributed by atoms with E-state index in [2.05, 4.69) is 27.7 Å². The van der Waals surface area contributed by atoms with E-state index in [1.807, 2.05) is 0 Å². The molecule has 0 radical (unpaired) electrons. The van der Waals surface area contributed by atoms with Crippen LogP contribution in [0.2, 0.25) is 0 Å². The maximum Gasteiger partial charge on any atom is 0.0738 e. The Balaban J connectivity index is 2.09. The van der Waals surface area contributed by atoms with Crippen molar-refractivity contribution in [2.75, 3.05) is 0 Å². The Morgan fingerprint density at radius 2 is 1.56 bits per heavy atom. The van der Waals surface area contributed by atoms with E-state index in [4.69, 9.17) is 9.47 Å². The van der Waals surface area contributed by atoms with Gasteiger partial charge in [-0.15, -0.1) is 0 Å². The SMILES string of the molecule is CC(C)OC1CCCC1C1(OC(C)C)CCCC1. The lowest BCUT2D eigenvalue weighted by atomic mass is 9.82. The molecular weight excluding hydrogens is 224 g/mol. The minimum atomic E-state index is 0.129. The maximum absolute atomic E-state index is 6.41. The van der Waals surface area contributed by atoms with Crippen molar-refractivity contribution in [3.05, 3.63) is 0 Å². The van der Waals surface area contributed by atoms with Crippen LogP contribution in [0.15, 0.2) is 0 Å². The van der Waals surface area contributed by atoms with Crippen molar-refractivity contribution in [1.29, 1.82) is 0 Å². The fourth-order valence-electron chi connectivity index (χ4n) is 4.06. The van der Waals surface area contributed by atoms with Gasteiger partial charge in [-0.25, -0.2) is 0 Å². The van der Waals surface area contributed by atoms with E-state index in [0.29, 0.717) is 24.2 Å². The lowest BCUT2D eigenvalue weighted by molar-refractivity contribution is -0.148. The normalized spacial score (nSPS) is 31.7. The van der Waals surface area contributed by atoms with Gasteiger partial charge < -0.3 is 9.47 Å². The molecule has 18 heavy (non-hydrogen) atoms. The van der Waals surface area contributed by atoms with E-state index >= 15 is 0 Å². The maximum atomic E-state index is 6.41. The smallest absolute Gasteiger partial charge is 0.0738 e. The fraction of sp³-hybridized carbons (Fsp3) is 1.00. The zero-order valence-corrected chi connectivity index (χ0v) is 12.6. The molecular formula is C16H30O2. The zero-order valence-electron chi connectivity index (χ0n) is 12.6. The summed E-state index contributed by atoms with van der Waals surface area (Å²) in [5.41, 5.74) is 0.129. The van der Waals surface area contributed by atoms with Crippen LogP contribution in [-0.4, -0.2) is 23.9 Å². The molecule has 0 heterocycles. The van der Waals surface area contributed by atoms with Crippen LogP contribution in [0.3, 0.4) is 0 Å². The Morgan fingerprint density at radius 3 is 2.11 bits per heavy atom. The van der Waals surface area contributed by atoms with Gasteiger partial charge in [-0.3, -0.25) is 0 Å². The van der Waals surface area contributed by atoms with E-state index in [1.165, 1.54) is 44.9 Å². The van der Waals surface area contributed by atoms with Crippen LogP contribution in [0.1, 0.15) is 72.6 Å². The topological polar surface area (TPSA) is 18.5 Å². The zero-order chi connectivity index (χ0) is 13.2. The Morgan fingerprint density at radius 1 is 0.889 bits per heavy atom. The van der Waals surface area contributed by atoms with Gasteiger partial charge in [-0.1, -0.05) is 19.3 Å². The number of hydrogen-bond acceptors (Lipinski definition) is 2. The monoisotopic (exact) mass is 254 g/mol. The van der Waals surface area contributed by atoms with Gasteiger partial charge in [0.1, 0.15) is 0 Å². The van der Waals surface area contributed by atoms with Gasteiger partial charge in [0.2, 0.25) is 0 Å². The molecule has 2 aliphatic carbocycles. The lowest BCUT2D eigenvalue weighted by Crippen LogP contribution is -2.45. The third kappa shape index (κ3) is 3.08. The highest BCUT2D eigenvalue weighted by molar-refractivity contribution is 4.99. The summed E-state index contributed by atoms with van der Waals surface area (Å²) in [7, 11) is 0. The molecule has 0 bridgehead atoms. The van der Waals surface area contributed by atoms with Gasteiger partial charge in [0, 0.05) is 5.92 Å². The van der Waals surface area contributed by atoms with Crippen LogP contribution in [-0.2, 0) is 9.47 Å². The van der Waals surface area contributed by atoms with E-state index in [1.54, 1.807) is 0 Å². The van der Waals surface area contributed by atoms with Crippen LogP contribution < -0.4 is 0 Å². The predicted octanol–water partition coefficient (Wildman–Crippen LogP) is 4.32. The summed E-state index contributed by atoms with van der Waals surface area (Å²) < 4.78 is 12.6. The van der Waals surface area contributed by atoms with E-state index in [-0.39, 0.29) is 5.60 Å². The Hall–Kier alpha value is -0.0800. The van der Waals surface area contributed by atoms with Crippen LogP contribution in [0.4, 0.5) is 0 Å². The molecule has 0 aliphatic heterocycles. The van der Waals surface area contributed by atoms with Gasteiger partial charge in [0.05, 0.1) is 23.9 Å². The third-order valence-electron chi connectivity index (χ3n) is 4.50. The molecule has 2 nitrogen and oxygen atoms in total. The van der Waals surface area contributed by atoms with Gasteiger partial charge in [0.25, 0.3) is 0 Å². The van der Waals surface area contributed by atoms with Crippen molar-refractivity contribution in [3.63, 3.8) is 0 Å². The summed E-state index contributed by atoms with van der Waals surface area (Å²) >= 11 is 0. The Kier molecular flexibility index (Phi) is 4.71. The molecule has 0 aromatic heterocycles. The summed E-state index contributed by atoms with van der Waals surface area (Å²) in [4.78, 5) is 0. The minimum absolute atomic E-state index is 0.129. The minimum Gasteiger partial charge on any atom is -0.375 e. The molecule has 2 saturated carbocycles. The lowest BCUT2D eigenvalue weighted by Gasteiger charge is -2.40. The first kappa shape index (κ1) is 14.3. The molecule has 0 saturated heterocycles. The quantitative estimate of drug-likeness (QED) is 0.727. The summed E-state index contributed by atoms with van der Waals surface area (Å²) in [5.74, 6) is 0.629. The molecule has 0 amide bonds. The van der Waals surface area contributed by atoms with Gasteiger partial charge in [-0.2, -0.15) is 0 Å². The second-order valence-corrected chi connectivity index (χ2v) is 6.70. The van der Waals surface area contributed by atoms with Gasteiger partial charge in [0.15, 0.2) is 0 Å². The van der Waals surface area contributed by atoms with Crippen molar-refractivity contribution >= 4 is 0 Å². The molecule has 2 atom stereocenters. The molecule has 106 valence electrons. The molecule has 2 heteroatoms. The predicted molar refractivity (Wildman–Crippen MR) is 74.8 cm³/mol. The largest absolute Gasteiger partial charge is 0.375 e. The van der Waals surface area contributed by atoms with Crippen LogP contribution in [0.25, 0.3) is 0 Å². The molecule has 0 aromatic rings. The summed E-state index contributed by atoms with van der Waals surface area (Å²) in [6.45, 7) is 8.65. The Bertz CT molecular complexity index is 254. The van der Waals surface area contributed by atoms with E-state index in [0.717, 1.165) is 0 Å². The molecule has 2 rings (SSSR count). The molecule has 2 fully saturated rings. The van der Waals surface area contributed by atoms with Crippen molar-refractivity contribution in [1.82, 2.24) is 0 Å². The third-order valence-corrected chi connectivity index (χ3v) is 4.50. The van der Waals surface area contributed by atoms with Crippen molar-refractivity contribution in [2.45, 2.75) is 96.6 Å². The highest BCUT2D eigenvalue weighted by atomic mass is 16.5. The first-order valence-electron chi connectivity index (χ1n) is 7.87. The van der Waals surface area contributed by atoms with Gasteiger partial charge in [-0.05, 0) is 53.4 Å². The first-order chi connectivity index (χ1) is 8.53. The molecule has 2 unspecified atom stereocenters. The van der Waals surface area contributed by atoms with Crippen LogP contribution in [0, 0.1) is 5.92 Å². The molecule has 0 spiro atoms. The van der Waals surface area contributed by atoms with Crippen molar-refractivity contribution in [3.8, 4) is 0 Å². The Labute approximate surface area is 112 Å². The molecule has 0 aromatic carbocycles. The molecule has 0 N–H and O–H groups in total. The summed E-state index contributed by atoms with van der Waals surface area (Å²) in [5, 5.41) is 0. The van der Waals surface area contributed by atoms with Gasteiger partial charge >= 0.3 is 0 Å². The average Bonchev–Trinajstić information content (AvgIpc) is 2.85. The number of ether oxygens (including phenoxy) is 2. The second-order valence-electron chi connectivity index (χ2n) is 6.70. The highest BCUT2D eigenvalue weighted by Crippen LogP contribution is 2.48. The van der Waals surface area contributed by atoms with E-state index < -0.39 is 0 Å². The standard InChI is InChI=1S/C16H30O2/c1-12(2)17-15-9-7-8-14(15)16(18-13(3)4)10-5-6-11-16/h12-15H,5-11H2,1-4H3. The highest BCUT2D eigenvalue weighted by Gasteiger charge is 2.48. The number of rotatable bonds is 5. The first-order valence-corrected chi connectivity index (χ1v) is 7.87. The second kappa shape index (κ2) is 5.92. The van der Waals surface area contributed by atoms with E-state index in [9.17, 15) is 0 Å². The van der Waals surface area contributed by atoms with Crippen LogP contribution >= 0.6 is 0 Å². The molecule has 2 aliphatic rings.